The van der Waals surface area contributed by atoms with Crippen LogP contribution in [0.4, 0.5) is 27.9 Å². The fraction of sp³-hybridized carbons (Fsp3) is 0.481. The predicted octanol–water partition coefficient (Wildman–Crippen LogP) is 2.66. The third-order valence-corrected chi connectivity index (χ3v) is 8.51. The van der Waals surface area contributed by atoms with Crippen molar-refractivity contribution in [2.45, 2.75) is 37.4 Å². The number of hydrogen-bond acceptors (Lipinski definition) is 7. The van der Waals surface area contributed by atoms with Crippen LogP contribution in [-0.4, -0.2) is 95.0 Å². The maximum atomic E-state index is 13.3. The summed E-state index contributed by atoms with van der Waals surface area (Å²) in [6.45, 7) is 9.07. The van der Waals surface area contributed by atoms with Crippen molar-refractivity contribution in [1.29, 1.82) is 0 Å². The molecule has 3 aliphatic heterocycles. The largest absolute Gasteiger partial charge is 0.369 e. The second-order valence-corrected chi connectivity index (χ2v) is 10.7. The highest BCUT2D eigenvalue weighted by Crippen LogP contribution is 2.50. The molecule has 0 bridgehead atoms. The van der Waals surface area contributed by atoms with Gasteiger partial charge in [-0.1, -0.05) is 6.58 Å². The van der Waals surface area contributed by atoms with Gasteiger partial charge in [0.1, 0.15) is 5.82 Å². The molecule has 6 rings (SSSR count). The number of likely N-dealkylation sites (N-methyl/N-ethyl adjacent to an activating group) is 1. The van der Waals surface area contributed by atoms with Gasteiger partial charge in [-0.3, -0.25) is 9.69 Å². The number of nitrogens with one attached hydrogen (secondary N) is 1. The van der Waals surface area contributed by atoms with Gasteiger partial charge in [-0.25, -0.2) is 9.78 Å². The fourth-order valence-corrected chi connectivity index (χ4v) is 6.09. The molecular weight excluding hydrogens is 468 g/mol. The minimum atomic E-state index is -0.0980. The molecule has 3 fully saturated rings. The standard InChI is InChI=1S/C27H34N8O2/c1-4-23(36)35-10-9-27(35)15-22(16-27)34-18-19-17-28-25(30-24(19)32(3)26(34)37)29-20-5-7-21(8-6-20)33-13-11-31(2)12-14-33/h4-8,17,22H,1,9-16,18H2,2-3H3,(H,28,29,30). The Morgan fingerprint density at radius 3 is 2.49 bits per heavy atom. The van der Waals surface area contributed by atoms with Crippen molar-refractivity contribution in [2.24, 2.45) is 0 Å². The Hall–Kier alpha value is -3.66. The van der Waals surface area contributed by atoms with Crippen molar-refractivity contribution >= 4 is 35.1 Å². The van der Waals surface area contributed by atoms with Gasteiger partial charge in [-0.05, 0) is 56.7 Å². The van der Waals surface area contributed by atoms with E-state index in [1.165, 1.54) is 11.8 Å². The number of anilines is 4. The Morgan fingerprint density at radius 1 is 1.11 bits per heavy atom. The summed E-state index contributed by atoms with van der Waals surface area (Å²) in [6, 6.07) is 8.38. The van der Waals surface area contributed by atoms with Crippen LogP contribution in [0, 0.1) is 0 Å². The Balaban J connectivity index is 1.11. The SMILES string of the molecule is C=CC(=O)N1CCC12CC(N1Cc3cnc(Nc4ccc(N5CCN(C)CC5)cc4)nc3N(C)C1=O)C2. The van der Waals surface area contributed by atoms with E-state index in [1.807, 2.05) is 28.1 Å². The number of carbonyl (C=O) groups is 2. The molecule has 194 valence electrons. The van der Waals surface area contributed by atoms with Gasteiger partial charge in [0.05, 0.1) is 6.54 Å². The Morgan fingerprint density at radius 2 is 1.84 bits per heavy atom. The van der Waals surface area contributed by atoms with Gasteiger partial charge >= 0.3 is 6.03 Å². The van der Waals surface area contributed by atoms with Gasteiger partial charge in [0.15, 0.2) is 0 Å². The highest BCUT2D eigenvalue weighted by molar-refractivity contribution is 5.94. The van der Waals surface area contributed by atoms with Crippen molar-refractivity contribution in [3.8, 4) is 0 Å². The lowest BCUT2D eigenvalue weighted by Crippen LogP contribution is -2.72. The number of benzene rings is 1. The van der Waals surface area contributed by atoms with Crippen LogP contribution in [0.3, 0.4) is 0 Å². The molecule has 10 nitrogen and oxygen atoms in total. The average Bonchev–Trinajstić information content (AvgIpc) is 2.87. The molecular formula is C27H34N8O2. The number of nitrogens with zero attached hydrogens (tertiary/aromatic N) is 7. The van der Waals surface area contributed by atoms with E-state index in [-0.39, 0.29) is 23.5 Å². The second-order valence-electron chi connectivity index (χ2n) is 10.7. The van der Waals surface area contributed by atoms with Gasteiger partial charge in [0, 0.05) is 74.5 Å². The molecule has 1 N–H and O–H groups in total. The van der Waals surface area contributed by atoms with Crippen LogP contribution in [0.1, 0.15) is 24.8 Å². The zero-order valence-electron chi connectivity index (χ0n) is 21.6. The average molecular weight is 503 g/mol. The third kappa shape index (κ3) is 4.09. The predicted molar refractivity (Wildman–Crippen MR) is 143 cm³/mol. The topological polar surface area (TPSA) is 88.2 Å². The van der Waals surface area contributed by atoms with E-state index in [1.54, 1.807) is 11.9 Å². The van der Waals surface area contributed by atoms with E-state index in [4.69, 9.17) is 0 Å². The lowest BCUT2D eigenvalue weighted by molar-refractivity contribution is -0.157. The van der Waals surface area contributed by atoms with Gasteiger partial charge in [-0.2, -0.15) is 4.98 Å². The monoisotopic (exact) mass is 502 g/mol. The summed E-state index contributed by atoms with van der Waals surface area (Å²) < 4.78 is 0. The van der Waals surface area contributed by atoms with Gasteiger partial charge in [0.25, 0.3) is 0 Å². The van der Waals surface area contributed by atoms with Crippen LogP contribution in [0.2, 0.25) is 0 Å². The smallest absolute Gasteiger partial charge is 0.325 e. The van der Waals surface area contributed by atoms with Crippen molar-refractivity contribution in [2.75, 3.05) is 61.9 Å². The molecule has 0 radical (unpaired) electrons. The number of likely N-dealkylation sites (tertiary alicyclic amines) is 1. The molecule has 3 amide bonds. The molecule has 0 unspecified atom stereocenters. The molecule has 4 heterocycles. The van der Waals surface area contributed by atoms with Crippen molar-refractivity contribution in [3.63, 3.8) is 0 Å². The maximum Gasteiger partial charge on any atom is 0.325 e. The van der Waals surface area contributed by atoms with Crippen LogP contribution in [0.15, 0.2) is 43.1 Å². The number of hydrogen-bond donors (Lipinski definition) is 1. The molecule has 4 aliphatic rings. The van der Waals surface area contributed by atoms with Gasteiger partial charge in [-0.15, -0.1) is 0 Å². The summed E-state index contributed by atoms with van der Waals surface area (Å²) >= 11 is 0. The van der Waals surface area contributed by atoms with E-state index in [2.05, 4.69) is 50.8 Å². The summed E-state index contributed by atoms with van der Waals surface area (Å²) in [6.07, 6.45) is 5.81. The molecule has 1 aliphatic carbocycles. The molecule has 0 atom stereocenters. The summed E-state index contributed by atoms with van der Waals surface area (Å²) in [5.74, 6) is 1.09. The lowest BCUT2D eigenvalue weighted by Gasteiger charge is -2.63. The zero-order valence-corrected chi connectivity index (χ0v) is 21.6. The van der Waals surface area contributed by atoms with E-state index >= 15 is 0 Å². The first-order chi connectivity index (χ1) is 17.9. The van der Waals surface area contributed by atoms with Crippen LogP contribution in [0.25, 0.3) is 0 Å². The zero-order chi connectivity index (χ0) is 25.7. The van der Waals surface area contributed by atoms with Gasteiger partial charge in [0.2, 0.25) is 11.9 Å². The number of piperazine rings is 1. The number of fused-ring (bicyclic) bond motifs is 1. The Labute approximate surface area is 217 Å². The summed E-state index contributed by atoms with van der Waals surface area (Å²) in [7, 11) is 3.92. The number of amides is 3. The first-order valence-corrected chi connectivity index (χ1v) is 13.0. The van der Waals surface area contributed by atoms with E-state index in [9.17, 15) is 9.59 Å². The minimum Gasteiger partial charge on any atom is -0.369 e. The fourth-order valence-electron chi connectivity index (χ4n) is 6.09. The first kappa shape index (κ1) is 23.7. The van der Waals surface area contributed by atoms with Crippen molar-refractivity contribution in [1.82, 2.24) is 24.7 Å². The summed E-state index contributed by atoms with van der Waals surface area (Å²) in [5, 5.41) is 3.28. The lowest BCUT2D eigenvalue weighted by atomic mass is 9.64. The molecule has 1 spiro atoms. The van der Waals surface area contributed by atoms with Crippen LogP contribution in [0.5, 0.6) is 0 Å². The number of rotatable bonds is 5. The van der Waals surface area contributed by atoms with E-state index in [0.29, 0.717) is 18.3 Å². The normalized spacial score (nSPS) is 25.5. The molecule has 2 saturated heterocycles. The third-order valence-electron chi connectivity index (χ3n) is 8.51. The maximum absolute atomic E-state index is 13.3. The van der Waals surface area contributed by atoms with Crippen molar-refractivity contribution < 1.29 is 9.59 Å². The molecule has 1 saturated carbocycles. The van der Waals surface area contributed by atoms with Crippen LogP contribution >= 0.6 is 0 Å². The van der Waals surface area contributed by atoms with Crippen LogP contribution < -0.4 is 15.1 Å². The molecule has 1 aromatic heterocycles. The first-order valence-electron chi connectivity index (χ1n) is 13.0. The molecule has 2 aromatic rings. The van der Waals surface area contributed by atoms with Crippen LogP contribution in [-0.2, 0) is 11.3 Å². The highest BCUT2D eigenvalue weighted by atomic mass is 16.2. The van der Waals surface area contributed by atoms with E-state index in [0.717, 1.165) is 63.2 Å². The molecule has 37 heavy (non-hydrogen) atoms. The minimum absolute atomic E-state index is 0.0143. The second kappa shape index (κ2) is 9.02. The number of aromatic nitrogens is 2. The van der Waals surface area contributed by atoms with E-state index < -0.39 is 0 Å². The van der Waals surface area contributed by atoms with Crippen molar-refractivity contribution in [3.05, 3.63) is 48.7 Å². The molecule has 10 heteroatoms. The summed E-state index contributed by atoms with van der Waals surface area (Å²) in [5.41, 5.74) is 2.95. The Kier molecular flexibility index (Phi) is 5.78. The number of urea groups is 1. The quantitative estimate of drug-likeness (QED) is 0.629. The van der Waals surface area contributed by atoms with Gasteiger partial charge < -0.3 is 24.9 Å². The number of carbonyl (C=O) groups excluding carboxylic acids is 2. The Bertz CT molecular complexity index is 1220. The highest BCUT2D eigenvalue weighted by Gasteiger charge is 2.57. The molecule has 1 aromatic carbocycles. The summed E-state index contributed by atoms with van der Waals surface area (Å²) in [4.78, 5) is 44.8.